The van der Waals surface area contributed by atoms with E-state index in [9.17, 15) is 29.4 Å². The minimum Gasteiger partial charge on any atom is -0.543 e. The van der Waals surface area contributed by atoms with E-state index in [0.29, 0.717) is 16.5 Å². The highest BCUT2D eigenvalue weighted by molar-refractivity contribution is 8.01. The average Bonchev–Trinajstić information content (AvgIpc) is 3.57. The third kappa shape index (κ3) is 5.50. The van der Waals surface area contributed by atoms with E-state index in [0.717, 1.165) is 27.4 Å². The summed E-state index contributed by atoms with van der Waals surface area (Å²) < 4.78 is 3.39. The Bertz CT molecular complexity index is 1780. The molecule has 3 aromatic heterocycles. The quantitative estimate of drug-likeness (QED) is 0.0470. The van der Waals surface area contributed by atoms with Gasteiger partial charge in [0.25, 0.3) is 28.9 Å². The van der Waals surface area contributed by atoms with Crippen molar-refractivity contribution in [3.63, 3.8) is 0 Å². The molecule has 6 N–H and O–H groups in total. The molecule has 2 unspecified atom stereocenters. The summed E-state index contributed by atoms with van der Waals surface area (Å²) in [6, 6.07) is -1.11. The molecule has 0 bridgehead atoms. The number of thiazole rings is 1. The second kappa shape index (κ2) is 11.6. The van der Waals surface area contributed by atoms with Gasteiger partial charge in [-0.2, -0.15) is 4.98 Å². The fourth-order valence-corrected chi connectivity index (χ4v) is 7.43. The predicted molar refractivity (Wildman–Crippen MR) is 157 cm³/mol. The highest BCUT2D eigenvalue weighted by atomic mass is 32.2. The number of aliphatic carboxylic acids is 2. The Kier molecular flexibility index (Phi) is 8.16. The number of anilines is 2. The third-order valence-corrected chi connectivity index (χ3v) is 9.93. The number of hydrogen-bond acceptors (Lipinski definition) is 15. The SMILES string of the molecule is Cc1c(N)nc(SCC2=C(C(=O)[O-])N3C(=O)C(NC(=O)/C(=N\OC(C)(C)C(=O)O)c4cnc(N)s4)C3SC2)n2nc[n+](C)c12. The number of carbonyl (C=O) groups is 4. The summed E-state index contributed by atoms with van der Waals surface area (Å²) in [5, 5.41) is 32.0. The van der Waals surface area contributed by atoms with Gasteiger partial charge in [0.05, 0.1) is 29.2 Å². The van der Waals surface area contributed by atoms with Gasteiger partial charge in [0.2, 0.25) is 5.60 Å². The van der Waals surface area contributed by atoms with Crippen molar-refractivity contribution in [3.05, 3.63) is 34.2 Å². The predicted octanol–water partition coefficient (Wildman–Crippen LogP) is -1.74. The van der Waals surface area contributed by atoms with Crippen molar-refractivity contribution >= 4 is 80.9 Å². The highest BCUT2D eigenvalue weighted by Crippen LogP contribution is 2.41. The molecule has 2 aliphatic rings. The smallest absolute Gasteiger partial charge is 0.350 e. The second-order valence-corrected chi connectivity index (χ2v) is 13.3. The van der Waals surface area contributed by atoms with Gasteiger partial charge in [-0.05, 0) is 30.9 Å². The molecule has 5 heterocycles. The molecule has 44 heavy (non-hydrogen) atoms. The number of hydrogen-bond donors (Lipinski definition) is 4. The average molecular weight is 663 g/mol. The third-order valence-electron chi connectivity index (χ3n) is 6.75. The standard InChI is InChI=1S/C24H26N10O7S3/c1-9-15(25)30-23(34-17(9)32(4)8-28-34)43-7-10-6-42-19-13(18(36)33(19)14(10)20(37)38)29-16(35)12(11-5-27-22(26)44-11)31-41-24(2,3)21(39)40/h5,8,13,19,25H,6-7H2,1-4H3,(H5,26,27,29,31,35,37,38,39,40). The Labute approximate surface area is 261 Å². The molecule has 1 saturated heterocycles. The van der Waals surface area contributed by atoms with Gasteiger partial charge in [-0.15, -0.1) is 11.8 Å². The highest BCUT2D eigenvalue weighted by Gasteiger charge is 2.53. The first-order valence-electron chi connectivity index (χ1n) is 12.7. The van der Waals surface area contributed by atoms with Gasteiger partial charge in [0.15, 0.2) is 10.8 Å². The number of β-lactam (4-membered cyclic amide) rings is 1. The van der Waals surface area contributed by atoms with Gasteiger partial charge < -0.3 is 36.6 Å². The second-order valence-electron chi connectivity index (χ2n) is 10.2. The first kappa shape index (κ1) is 31.0. The molecular weight excluding hydrogens is 637 g/mol. The molecule has 0 aromatic carbocycles. The number of rotatable bonds is 10. The van der Waals surface area contributed by atoms with Crippen LogP contribution in [0.15, 0.2) is 34.1 Å². The molecule has 5 rings (SSSR count). The lowest BCUT2D eigenvalue weighted by Gasteiger charge is -2.50. The van der Waals surface area contributed by atoms with Crippen molar-refractivity contribution in [2.45, 2.75) is 42.9 Å². The number of nitrogens with two attached hydrogens (primary N) is 2. The van der Waals surface area contributed by atoms with E-state index < -0.39 is 40.8 Å². The number of aromatic nitrogens is 5. The van der Waals surface area contributed by atoms with Crippen molar-refractivity contribution in [2.75, 3.05) is 23.0 Å². The van der Waals surface area contributed by atoms with E-state index in [1.807, 2.05) is 14.0 Å². The van der Waals surface area contributed by atoms with E-state index in [2.05, 4.69) is 25.5 Å². The lowest BCUT2D eigenvalue weighted by atomic mass is 10.0. The molecule has 0 spiro atoms. The molecular formula is C24H26N10O7S3. The zero-order chi connectivity index (χ0) is 32.1. The fraction of sp³-hybridized carbons (Fsp3) is 0.375. The summed E-state index contributed by atoms with van der Waals surface area (Å²) in [4.78, 5) is 64.9. The Morgan fingerprint density at radius 1 is 1.36 bits per heavy atom. The first-order chi connectivity index (χ1) is 20.7. The molecule has 0 radical (unpaired) electrons. The van der Waals surface area contributed by atoms with E-state index >= 15 is 0 Å². The number of fused-ring (bicyclic) bond motifs is 2. The van der Waals surface area contributed by atoms with Crippen molar-refractivity contribution in [2.24, 2.45) is 12.2 Å². The maximum Gasteiger partial charge on any atom is 0.350 e. The summed E-state index contributed by atoms with van der Waals surface area (Å²) in [6.45, 7) is 4.30. The van der Waals surface area contributed by atoms with Crippen LogP contribution in [-0.2, 0) is 31.1 Å². The van der Waals surface area contributed by atoms with Crippen molar-refractivity contribution in [3.8, 4) is 0 Å². The zero-order valence-electron chi connectivity index (χ0n) is 23.6. The summed E-state index contributed by atoms with van der Waals surface area (Å²) >= 11 is 3.36. The molecule has 1 fully saturated rings. The zero-order valence-corrected chi connectivity index (χ0v) is 26.1. The van der Waals surface area contributed by atoms with Crippen LogP contribution < -0.4 is 26.5 Å². The van der Waals surface area contributed by atoms with Crippen LogP contribution in [0.5, 0.6) is 0 Å². The molecule has 2 amide bonds. The normalized spacial score (nSPS) is 18.7. The number of carboxylic acid groups (broad SMARTS) is 2. The van der Waals surface area contributed by atoms with Gasteiger partial charge in [-0.25, -0.2) is 14.3 Å². The molecule has 0 aliphatic carbocycles. The number of amides is 2. The number of nitrogens with one attached hydrogen (secondary N) is 1. The molecule has 3 aromatic rings. The van der Waals surface area contributed by atoms with Gasteiger partial charge in [0, 0.05) is 22.8 Å². The van der Waals surface area contributed by atoms with Crippen LogP contribution in [0.4, 0.5) is 10.9 Å². The van der Waals surface area contributed by atoms with Gasteiger partial charge in [-0.1, -0.05) is 28.3 Å². The van der Waals surface area contributed by atoms with Gasteiger partial charge in [0.1, 0.15) is 17.2 Å². The van der Waals surface area contributed by atoms with Crippen LogP contribution in [0.2, 0.25) is 0 Å². The number of oxime groups is 1. The van der Waals surface area contributed by atoms with E-state index in [1.165, 1.54) is 43.6 Å². The molecule has 0 saturated carbocycles. The van der Waals surface area contributed by atoms with Crippen LogP contribution in [0.3, 0.4) is 0 Å². The van der Waals surface area contributed by atoms with Crippen LogP contribution in [0.1, 0.15) is 24.3 Å². The molecule has 17 nitrogen and oxygen atoms in total. The van der Waals surface area contributed by atoms with Gasteiger partial charge in [-0.3, -0.25) is 14.5 Å². The molecule has 2 aliphatic heterocycles. The Morgan fingerprint density at radius 2 is 2.09 bits per heavy atom. The molecule has 2 atom stereocenters. The Morgan fingerprint density at radius 3 is 2.73 bits per heavy atom. The van der Waals surface area contributed by atoms with E-state index in [4.69, 9.17) is 16.3 Å². The maximum atomic E-state index is 13.3. The number of carbonyl (C=O) groups excluding carboxylic acids is 3. The summed E-state index contributed by atoms with van der Waals surface area (Å²) in [6.07, 6.45) is 2.86. The number of carboxylic acids is 2. The minimum absolute atomic E-state index is 0.117. The Hall–Kier alpha value is -4.43. The number of thioether (sulfide) groups is 2. The number of aryl methyl sites for hydroxylation is 2. The summed E-state index contributed by atoms with van der Waals surface area (Å²) in [5.41, 5.74) is 11.3. The number of nitrogens with zero attached hydrogens (tertiary/aromatic N) is 7. The monoisotopic (exact) mass is 662 g/mol. The largest absolute Gasteiger partial charge is 0.543 e. The van der Waals surface area contributed by atoms with Gasteiger partial charge >= 0.3 is 5.97 Å². The fourth-order valence-electron chi connectivity index (χ4n) is 4.33. The Balaban J connectivity index is 1.35. The van der Waals surface area contributed by atoms with E-state index in [-0.39, 0.29) is 32.9 Å². The van der Waals surface area contributed by atoms with Crippen molar-refractivity contribution in [1.29, 1.82) is 0 Å². The van der Waals surface area contributed by atoms with Crippen LogP contribution in [0.25, 0.3) is 5.65 Å². The van der Waals surface area contributed by atoms with E-state index in [1.54, 1.807) is 15.4 Å². The van der Waals surface area contributed by atoms with Crippen LogP contribution in [-0.4, -0.2) is 87.6 Å². The number of nitrogen functional groups attached to an aromatic ring is 2. The lowest BCUT2D eigenvalue weighted by Crippen LogP contribution is -2.71. The lowest BCUT2D eigenvalue weighted by molar-refractivity contribution is -0.646. The first-order valence-corrected chi connectivity index (χ1v) is 15.6. The summed E-state index contributed by atoms with van der Waals surface area (Å²) in [7, 11) is 1.81. The molecule has 232 valence electrons. The topological polar surface area (TPSA) is 247 Å². The molecule has 20 heteroatoms. The van der Waals surface area contributed by atoms with Crippen LogP contribution in [0, 0.1) is 6.92 Å². The van der Waals surface area contributed by atoms with Crippen molar-refractivity contribution in [1.82, 2.24) is 29.8 Å². The maximum absolute atomic E-state index is 13.3. The minimum atomic E-state index is -1.77. The van der Waals surface area contributed by atoms with Crippen molar-refractivity contribution < 1.29 is 38.8 Å². The summed E-state index contributed by atoms with van der Waals surface area (Å²) in [5.74, 6) is -3.73. The van der Waals surface area contributed by atoms with Crippen LogP contribution >= 0.6 is 34.9 Å².